The molecule has 0 bridgehead atoms. The fourth-order valence-electron chi connectivity index (χ4n) is 0.447. The summed E-state index contributed by atoms with van der Waals surface area (Å²) in [4.78, 5) is 13.4. The maximum absolute atomic E-state index is 9.87. The van der Waals surface area contributed by atoms with Crippen molar-refractivity contribution in [2.45, 2.75) is 6.54 Å². The van der Waals surface area contributed by atoms with Crippen LogP contribution in [0.1, 0.15) is 0 Å². The predicted octanol–water partition coefficient (Wildman–Crippen LogP) is -2.35. The molecule has 0 N–H and O–H groups in total. The summed E-state index contributed by atoms with van der Waals surface area (Å²) in [5.74, 6) is -1.17. The average Bonchev–Trinajstić information content (AvgIpc) is 2.15. The second-order valence-electron chi connectivity index (χ2n) is 1.47. The van der Waals surface area contributed by atoms with Crippen LogP contribution in [-0.4, -0.2) is 50.3 Å². The third kappa shape index (κ3) is 2.95. The first-order chi connectivity index (χ1) is 4.29. The van der Waals surface area contributed by atoms with E-state index in [1.165, 1.54) is 17.3 Å². The molecule has 0 aliphatic carbocycles. The van der Waals surface area contributed by atoms with E-state index in [1.807, 2.05) is 0 Å². The van der Waals surface area contributed by atoms with E-state index in [-0.39, 0.29) is 36.1 Å². The number of carbonyl (C=O) groups excluding carboxylic acids is 1. The Morgan fingerprint density at radius 2 is 2.40 bits per heavy atom. The Morgan fingerprint density at radius 3 is 2.80 bits per heavy atom. The molecule has 1 heterocycles. The van der Waals surface area contributed by atoms with Crippen LogP contribution in [0, 0.1) is 0 Å². The Morgan fingerprint density at radius 1 is 1.70 bits per heavy atom. The molecule has 1 rings (SSSR count). The second-order valence-corrected chi connectivity index (χ2v) is 1.47. The van der Waals surface area contributed by atoms with Crippen LogP contribution in [0.25, 0.3) is 0 Å². The van der Waals surface area contributed by atoms with Crippen molar-refractivity contribution in [3.05, 3.63) is 12.7 Å². The summed E-state index contributed by atoms with van der Waals surface area (Å²) in [5, 5.41) is 13.4. The topological polar surface area (TPSA) is 70.8 Å². The van der Waals surface area contributed by atoms with Crippen LogP contribution in [0.3, 0.4) is 0 Å². The van der Waals surface area contributed by atoms with Gasteiger partial charge < -0.3 is 9.90 Å². The molecule has 0 aromatic carbocycles. The van der Waals surface area contributed by atoms with E-state index in [2.05, 4.69) is 10.1 Å². The number of rotatable bonds is 2. The Balaban J connectivity index is 0.000000810. The molecule has 49 valence electrons. The number of carboxylic acid groups (broad SMARTS) is 1. The van der Waals surface area contributed by atoms with Gasteiger partial charge >= 0.3 is 0 Å². The monoisotopic (exact) mass is 149 g/mol. The predicted molar refractivity (Wildman–Crippen MR) is 30.8 cm³/mol. The van der Waals surface area contributed by atoms with Gasteiger partial charge in [-0.25, -0.2) is 9.67 Å². The van der Waals surface area contributed by atoms with E-state index in [9.17, 15) is 9.90 Å². The minimum atomic E-state index is -1.17. The molecule has 6 heteroatoms. The molecule has 10 heavy (non-hydrogen) atoms. The molecule has 0 saturated heterocycles. The van der Waals surface area contributed by atoms with Crippen molar-refractivity contribution in [1.29, 1.82) is 0 Å². The number of hydrogen-bond acceptors (Lipinski definition) is 4. The summed E-state index contributed by atoms with van der Waals surface area (Å²) < 4.78 is 1.18. The smallest absolute Gasteiger partial charge is 0.137 e. The van der Waals surface area contributed by atoms with Crippen LogP contribution < -0.4 is 5.11 Å². The first-order valence-electron chi connectivity index (χ1n) is 2.31. The van der Waals surface area contributed by atoms with Gasteiger partial charge in [-0.1, -0.05) is 0 Å². The molecule has 0 spiro atoms. The van der Waals surface area contributed by atoms with Gasteiger partial charge in [0.05, 0.1) is 12.5 Å². The van der Waals surface area contributed by atoms with Crippen molar-refractivity contribution < 1.29 is 9.90 Å². The third-order valence-electron chi connectivity index (χ3n) is 0.758. The van der Waals surface area contributed by atoms with Gasteiger partial charge in [0.25, 0.3) is 0 Å². The molecular weight excluding hydrogens is 145 g/mol. The Kier molecular flexibility index (Phi) is 4.26. The van der Waals surface area contributed by atoms with E-state index in [0.717, 1.165) is 0 Å². The van der Waals surface area contributed by atoms with Gasteiger partial charge in [0.1, 0.15) is 12.7 Å². The van der Waals surface area contributed by atoms with Gasteiger partial charge in [-0.05, 0) is 0 Å². The van der Waals surface area contributed by atoms with Crippen LogP contribution in [-0.2, 0) is 11.3 Å². The van der Waals surface area contributed by atoms with Gasteiger partial charge in [-0.15, -0.1) is 0 Å². The number of aliphatic carboxylic acids is 1. The minimum Gasteiger partial charge on any atom is -0.548 e. The Hall–Kier alpha value is -0.390. The molecule has 5 nitrogen and oxygen atoms in total. The van der Waals surface area contributed by atoms with Crippen molar-refractivity contribution in [2.75, 3.05) is 0 Å². The van der Waals surface area contributed by atoms with Gasteiger partial charge in [-0.2, -0.15) is 5.10 Å². The SMILES string of the molecule is O=C([O-])Cn1cncn1.[Na]. The van der Waals surface area contributed by atoms with Crippen LogP contribution in [0.2, 0.25) is 0 Å². The Labute approximate surface area is 79.4 Å². The van der Waals surface area contributed by atoms with Crippen molar-refractivity contribution in [1.82, 2.24) is 14.8 Å². The first-order valence-corrected chi connectivity index (χ1v) is 2.31. The van der Waals surface area contributed by atoms with Crippen LogP contribution in [0.5, 0.6) is 0 Å². The molecular formula is C4H4N3NaO2-. The summed E-state index contributed by atoms with van der Waals surface area (Å²) in [6, 6.07) is 0. The molecule has 0 fully saturated rings. The third-order valence-corrected chi connectivity index (χ3v) is 0.758. The van der Waals surface area contributed by atoms with Crippen molar-refractivity contribution in [3.8, 4) is 0 Å². The molecule has 0 atom stereocenters. The normalized spacial score (nSPS) is 8.40. The van der Waals surface area contributed by atoms with Crippen LogP contribution >= 0.6 is 0 Å². The van der Waals surface area contributed by atoms with Crippen molar-refractivity contribution in [2.24, 2.45) is 0 Å². The van der Waals surface area contributed by atoms with E-state index in [1.54, 1.807) is 0 Å². The molecule has 1 radical (unpaired) electrons. The zero-order valence-corrected chi connectivity index (χ0v) is 7.52. The number of aromatic nitrogens is 3. The number of nitrogens with zero attached hydrogens (tertiary/aromatic N) is 3. The van der Waals surface area contributed by atoms with E-state index < -0.39 is 5.97 Å². The van der Waals surface area contributed by atoms with E-state index in [4.69, 9.17) is 0 Å². The summed E-state index contributed by atoms with van der Waals surface area (Å²) >= 11 is 0. The van der Waals surface area contributed by atoms with E-state index >= 15 is 0 Å². The van der Waals surface area contributed by atoms with Gasteiger partial charge in [-0.3, -0.25) is 0 Å². The van der Waals surface area contributed by atoms with Gasteiger partial charge in [0.15, 0.2) is 0 Å². The second kappa shape index (κ2) is 4.43. The fraction of sp³-hybridized carbons (Fsp3) is 0.250. The number of hydrogen-bond donors (Lipinski definition) is 0. The molecule has 1 aromatic heterocycles. The summed E-state index contributed by atoms with van der Waals surface area (Å²) in [6.45, 7) is -0.236. The minimum absolute atomic E-state index is 0. The maximum atomic E-state index is 9.87. The molecule has 0 aliphatic rings. The molecule has 0 unspecified atom stereocenters. The molecule has 1 aromatic rings. The summed E-state index contributed by atoms with van der Waals surface area (Å²) in [6.07, 6.45) is 2.58. The molecule has 0 aliphatic heterocycles. The fourth-order valence-corrected chi connectivity index (χ4v) is 0.447. The number of carbonyl (C=O) groups is 1. The van der Waals surface area contributed by atoms with Crippen LogP contribution in [0.15, 0.2) is 12.7 Å². The summed E-state index contributed by atoms with van der Waals surface area (Å²) in [7, 11) is 0. The molecule has 0 amide bonds. The van der Waals surface area contributed by atoms with Crippen molar-refractivity contribution >= 4 is 35.5 Å². The maximum Gasteiger partial charge on any atom is 0.137 e. The van der Waals surface area contributed by atoms with Gasteiger partial charge in [0, 0.05) is 29.6 Å². The van der Waals surface area contributed by atoms with Crippen LogP contribution in [0.4, 0.5) is 0 Å². The molecule has 0 saturated carbocycles. The number of carboxylic acids is 1. The standard InChI is InChI=1S/C4H5N3O2.Na/c8-4(9)1-7-3-5-2-6-7;/h2-3H,1H2,(H,8,9);/p-1. The zero-order chi connectivity index (χ0) is 6.69. The van der Waals surface area contributed by atoms with Gasteiger partial charge in [0.2, 0.25) is 0 Å². The van der Waals surface area contributed by atoms with E-state index in [0.29, 0.717) is 0 Å². The van der Waals surface area contributed by atoms with Crippen molar-refractivity contribution in [3.63, 3.8) is 0 Å². The first kappa shape index (κ1) is 9.61. The summed E-state index contributed by atoms with van der Waals surface area (Å²) in [5.41, 5.74) is 0. The largest absolute Gasteiger partial charge is 0.548 e. The zero-order valence-electron chi connectivity index (χ0n) is 5.52. The average molecular weight is 149 g/mol. The Bertz CT molecular complexity index is 198. The quantitative estimate of drug-likeness (QED) is 0.441.